The van der Waals surface area contributed by atoms with Crippen LogP contribution in [0.25, 0.3) is 0 Å². The molecule has 2 heteroatoms. The molecule has 25 heavy (non-hydrogen) atoms. The molecule has 1 fully saturated rings. The fourth-order valence-electron chi connectivity index (χ4n) is 4.73. The van der Waals surface area contributed by atoms with Gasteiger partial charge in [0, 0.05) is 11.0 Å². The smallest absolute Gasteiger partial charge is 0.333 e. The molecule has 0 heterocycles. The second kappa shape index (κ2) is 11.0. The molecule has 0 bridgehead atoms. The zero-order chi connectivity index (χ0) is 18.8. The normalized spacial score (nSPS) is 17.3. The van der Waals surface area contributed by atoms with E-state index in [2.05, 4.69) is 27.4 Å². The zero-order valence-corrected chi connectivity index (χ0v) is 17.4. The lowest BCUT2D eigenvalue weighted by atomic mass is 9.58. The van der Waals surface area contributed by atoms with E-state index in [4.69, 9.17) is 4.74 Å². The van der Waals surface area contributed by atoms with Gasteiger partial charge in [-0.1, -0.05) is 72.3 Å². The van der Waals surface area contributed by atoms with Crippen LogP contribution < -0.4 is 0 Å². The van der Waals surface area contributed by atoms with Crippen molar-refractivity contribution in [1.29, 1.82) is 0 Å². The Hall–Kier alpha value is -0.790. The summed E-state index contributed by atoms with van der Waals surface area (Å²) < 4.78 is 6.36. The van der Waals surface area contributed by atoms with Gasteiger partial charge in [0.05, 0.1) is 0 Å². The molecule has 0 atom stereocenters. The number of hydrogen-bond donors (Lipinski definition) is 0. The van der Waals surface area contributed by atoms with Crippen molar-refractivity contribution in [2.75, 3.05) is 0 Å². The lowest BCUT2D eigenvalue weighted by molar-refractivity contribution is -0.186. The predicted octanol–water partition coefficient (Wildman–Crippen LogP) is 7.37. The average molecular weight is 351 g/mol. The van der Waals surface area contributed by atoms with Crippen LogP contribution in [0.2, 0.25) is 0 Å². The molecular formula is C23H42O2. The lowest BCUT2D eigenvalue weighted by Crippen LogP contribution is -2.53. The first-order valence-electron chi connectivity index (χ1n) is 10.9. The maximum absolute atomic E-state index is 12.6. The van der Waals surface area contributed by atoms with Crippen LogP contribution in [0.1, 0.15) is 118 Å². The number of hydrogen-bond acceptors (Lipinski definition) is 2. The van der Waals surface area contributed by atoms with Crippen LogP contribution in [0.15, 0.2) is 12.2 Å². The molecule has 0 N–H and O–H groups in total. The molecule has 0 spiro atoms. The van der Waals surface area contributed by atoms with Crippen molar-refractivity contribution >= 4 is 5.97 Å². The van der Waals surface area contributed by atoms with Gasteiger partial charge >= 0.3 is 5.97 Å². The highest BCUT2D eigenvalue weighted by Crippen LogP contribution is 2.54. The Morgan fingerprint density at radius 3 is 1.72 bits per heavy atom. The van der Waals surface area contributed by atoms with Gasteiger partial charge in [0.25, 0.3) is 0 Å². The van der Waals surface area contributed by atoms with Crippen LogP contribution in [-0.4, -0.2) is 11.6 Å². The summed E-state index contributed by atoms with van der Waals surface area (Å²) in [5.41, 5.74) is 0.432. The summed E-state index contributed by atoms with van der Waals surface area (Å²) >= 11 is 0. The van der Waals surface area contributed by atoms with Gasteiger partial charge in [-0.25, -0.2) is 4.79 Å². The standard InChI is InChI=1S/C23H42O2/c1-6-9-15-22(16-10-7-2,17-11-8-3)23(18-13-12-14-19-23)25-21(24)20(4)5/h4,6-19H2,1-3,5H3. The van der Waals surface area contributed by atoms with E-state index in [9.17, 15) is 4.79 Å². The average Bonchev–Trinajstić information content (AvgIpc) is 2.62. The lowest BCUT2D eigenvalue weighted by Gasteiger charge is -2.53. The fraction of sp³-hybridized carbons (Fsp3) is 0.870. The Kier molecular flexibility index (Phi) is 9.82. The van der Waals surface area contributed by atoms with E-state index in [1.54, 1.807) is 6.92 Å². The number of ether oxygens (including phenoxy) is 1. The zero-order valence-electron chi connectivity index (χ0n) is 17.4. The number of rotatable bonds is 12. The van der Waals surface area contributed by atoms with Crippen LogP contribution in [0.5, 0.6) is 0 Å². The Balaban J connectivity index is 3.26. The molecule has 0 aromatic carbocycles. The molecule has 1 aliphatic rings. The van der Waals surface area contributed by atoms with Crippen molar-refractivity contribution < 1.29 is 9.53 Å². The van der Waals surface area contributed by atoms with E-state index in [1.807, 2.05) is 0 Å². The molecule has 1 aliphatic carbocycles. The van der Waals surface area contributed by atoms with E-state index >= 15 is 0 Å². The van der Waals surface area contributed by atoms with Gasteiger partial charge < -0.3 is 4.74 Å². The van der Waals surface area contributed by atoms with Gasteiger partial charge in [0.2, 0.25) is 0 Å². The molecule has 1 saturated carbocycles. The molecule has 0 aromatic heterocycles. The first-order chi connectivity index (χ1) is 12.0. The molecule has 1 rings (SSSR count). The molecule has 146 valence electrons. The van der Waals surface area contributed by atoms with Crippen molar-refractivity contribution in [2.45, 2.75) is 123 Å². The Bertz CT molecular complexity index is 383. The summed E-state index contributed by atoms with van der Waals surface area (Å²) in [5.74, 6) is -0.171. The highest BCUT2D eigenvalue weighted by Gasteiger charge is 2.52. The van der Waals surface area contributed by atoms with Crippen LogP contribution in [-0.2, 0) is 9.53 Å². The third kappa shape index (κ3) is 5.86. The summed E-state index contributed by atoms with van der Waals surface area (Å²) in [5, 5.41) is 0. The van der Waals surface area contributed by atoms with E-state index < -0.39 is 0 Å². The second-order valence-corrected chi connectivity index (χ2v) is 8.32. The highest BCUT2D eigenvalue weighted by molar-refractivity contribution is 5.87. The van der Waals surface area contributed by atoms with Gasteiger partial charge in [0.15, 0.2) is 0 Å². The predicted molar refractivity (Wildman–Crippen MR) is 108 cm³/mol. The van der Waals surface area contributed by atoms with Crippen LogP contribution in [0.4, 0.5) is 0 Å². The fourth-order valence-corrected chi connectivity index (χ4v) is 4.73. The molecule has 2 nitrogen and oxygen atoms in total. The summed E-state index contributed by atoms with van der Waals surface area (Å²) in [6, 6.07) is 0. The van der Waals surface area contributed by atoms with Crippen molar-refractivity contribution in [3.05, 3.63) is 12.2 Å². The first-order valence-corrected chi connectivity index (χ1v) is 10.9. The van der Waals surface area contributed by atoms with Crippen LogP contribution in [0, 0.1) is 5.41 Å². The maximum Gasteiger partial charge on any atom is 0.333 e. The van der Waals surface area contributed by atoms with Gasteiger partial charge in [-0.2, -0.15) is 0 Å². The SMILES string of the molecule is C=C(C)C(=O)OC1(C(CCCC)(CCCC)CCCC)CCCCC1. The molecule has 0 saturated heterocycles. The first kappa shape index (κ1) is 22.3. The molecule has 0 radical (unpaired) electrons. The summed E-state index contributed by atoms with van der Waals surface area (Å²) in [6.07, 6.45) is 16.7. The van der Waals surface area contributed by atoms with E-state index in [0.29, 0.717) is 5.57 Å². The molecular weight excluding hydrogens is 308 g/mol. The molecule has 0 aliphatic heterocycles. The van der Waals surface area contributed by atoms with Gasteiger partial charge in [0.1, 0.15) is 5.60 Å². The molecule has 0 unspecified atom stereocenters. The van der Waals surface area contributed by atoms with Gasteiger partial charge in [-0.15, -0.1) is 0 Å². The minimum Gasteiger partial charge on any atom is -0.455 e. The monoisotopic (exact) mass is 350 g/mol. The quantitative estimate of drug-likeness (QED) is 0.271. The summed E-state index contributed by atoms with van der Waals surface area (Å²) in [7, 11) is 0. The van der Waals surface area contributed by atoms with Gasteiger partial charge in [-0.3, -0.25) is 0 Å². The van der Waals surface area contributed by atoms with Crippen LogP contribution in [0.3, 0.4) is 0 Å². The van der Waals surface area contributed by atoms with Crippen LogP contribution >= 0.6 is 0 Å². The third-order valence-corrected chi connectivity index (χ3v) is 6.29. The van der Waals surface area contributed by atoms with E-state index in [-0.39, 0.29) is 17.0 Å². The number of carbonyl (C=O) groups excluding carboxylic acids is 1. The minimum absolute atomic E-state index is 0.153. The number of carbonyl (C=O) groups is 1. The number of esters is 1. The van der Waals surface area contributed by atoms with Crippen molar-refractivity contribution in [3.8, 4) is 0 Å². The largest absolute Gasteiger partial charge is 0.455 e. The third-order valence-electron chi connectivity index (χ3n) is 6.29. The minimum atomic E-state index is -0.263. The number of unbranched alkanes of at least 4 members (excludes halogenated alkanes) is 3. The Morgan fingerprint density at radius 1 is 0.920 bits per heavy atom. The van der Waals surface area contributed by atoms with Crippen molar-refractivity contribution in [2.24, 2.45) is 5.41 Å². The van der Waals surface area contributed by atoms with E-state index in [1.165, 1.54) is 77.0 Å². The van der Waals surface area contributed by atoms with Crippen molar-refractivity contribution in [1.82, 2.24) is 0 Å². The topological polar surface area (TPSA) is 26.3 Å². The Labute approximate surface area is 156 Å². The van der Waals surface area contributed by atoms with Gasteiger partial charge in [-0.05, 0) is 51.9 Å². The molecule has 0 aromatic rings. The summed E-state index contributed by atoms with van der Waals surface area (Å²) in [6.45, 7) is 12.5. The maximum atomic E-state index is 12.6. The molecule has 0 amide bonds. The van der Waals surface area contributed by atoms with E-state index in [0.717, 1.165) is 12.8 Å². The Morgan fingerprint density at radius 2 is 1.36 bits per heavy atom. The van der Waals surface area contributed by atoms with Crippen molar-refractivity contribution in [3.63, 3.8) is 0 Å². The highest BCUT2D eigenvalue weighted by atomic mass is 16.6. The summed E-state index contributed by atoms with van der Waals surface area (Å²) in [4.78, 5) is 12.6. The second-order valence-electron chi connectivity index (χ2n) is 8.32.